The molecule has 11 heteroatoms. The first kappa shape index (κ1) is 20.2. The number of hydrogen-bond acceptors (Lipinski definition) is 7. The Morgan fingerprint density at radius 3 is 2.53 bits per heavy atom. The summed E-state index contributed by atoms with van der Waals surface area (Å²) in [5.74, 6) is -3.26. The van der Waals surface area contributed by atoms with Crippen molar-refractivity contribution in [1.29, 1.82) is 5.26 Å². The average molecular weight is 410 g/mol. The molecule has 0 saturated carbocycles. The van der Waals surface area contributed by atoms with Gasteiger partial charge in [0.25, 0.3) is 11.5 Å². The molecule has 0 radical (unpaired) electrons. The number of aromatic amines is 2. The number of hydrogen-bond donors (Lipinski definition) is 4. The maximum atomic E-state index is 12.5. The Kier molecular flexibility index (Phi) is 5.50. The van der Waals surface area contributed by atoms with Crippen LogP contribution in [0.3, 0.4) is 0 Å². The molecule has 0 saturated heterocycles. The fourth-order valence-electron chi connectivity index (χ4n) is 2.89. The number of benzene rings is 1. The van der Waals surface area contributed by atoms with Crippen LogP contribution >= 0.6 is 0 Å². The van der Waals surface area contributed by atoms with Crippen molar-refractivity contribution in [3.8, 4) is 17.7 Å². The monoisotopic (exact) mass is 410 g/mol. The van der Waals surface area contributed by atoms with Gasteiger partial charge in [0.05, 0.1) is 18.6 Å². The van der Waals surface area contributed by atoms with Gasteiger partial charge in [-0.2, -0.15) is 5.26 Å². The molecule has 4 N–H and O–H groups in total. The van der Waals surface area contributed by atoms with Crippen molar-refractivity contribution in [1.82, 2.24) is 15.3 Å². The highest BCUT2D eigenvalue weighted by molar-refractivity contribution is 5.94. The SMILES string of the molecule is COc1ccc(C2C(C#N)=C(NC(=O)/C=C/C(=O)O)Oc3[nH]c(=O)[nH]c(=O)c32)cc1. The summed E-state index contributed by atoms with van der Waals surface area (Å²) >= 11 is 0. The van der Waals surface area contributed by atoms with E-state index in [4.69, 9.17) is 14.6 Å². The van der Waals surface area contributed by atoms with Gasteiger partial charge in [0.15, 0.2) is 0 Å². The Hall–Kier alpha value is -4.59. The number of carboxylic acids is 1. The first-order valence-electron chi connectivity index (χ1n) is 8.38. The van der Waals surface area contributed by atoms with E-state index < -0.39 is 29.0 Å². The second-order valence-corrected chi connectivity index (χ2v) is 5.97. The van der Waals surface area contributed by atoms with Crippen molar-refractivity contribution < 1.29 is 24.2 Å². The molecule has 30 heavy (non-hydrogen) atoms. The minimum Gasteiger partial charge on any atom is -0.497 e. The summed E-state index contributed by atoms with van der Waals surface area (Å²) in [7, 11) is 1.48. The number of amides is 1. The summed E-state index contributed by atoms with van der Waals surface area (Å²) < 4.78 is 10.5. The van der Waals surface area contributed by atoms with E-state index in [0.717, 1.165) is 6.08 Å². The van der Waals surface area contributed by atoms with Gasteiger partial charge in [0.1, 0.15) is 17.4 Å². The molecule has 1 aliphatic heterocycles. The molecule has 1 aliphatic rings. The molecular formula is C19H14N4O7. The van der Waals surface area contributed by atoms with Crippen molar-refractivity contribution in [2.45, 2.75) is 5.92 Å². The van der Waals surface area contributed by atoms with Crippen LogP contribution in [0.25, 0.3) is 0 Å². The average Bonchev–Trinajstić information content (AvgIpc) is 2.71. The van der Waals surface area contributed by atoms with Crippen LogP contribution in [-0.2, 0) is 9.59 Å². The van der Waals surface area contributed by atoms with Crippen molar-refractivity contribution in [3.63, 3.8) is 0 Å². The smallest absolute Gasteiger partial charge is 0.328 e. The molecule has 152 valence electrons. The number of allylic oxidation sites excluding steroid dienone is 1. The highest BCUT2D eigenvalue weighted by Gasteiger charge is 2.35. The number of nitriles is 1. The molecule has 0 bridgehead atoms. The number of nitrogens with one attached hydrogen (secondary N) is 3. The van der Waals surface area contributed by atoms with Crippen LogP contribution in [0.5, 0.6) is 11.6 Å². The van der Waals surface area contributed by atoms with Crippen molar-refractivity contribution in [2.75, 3.05) is 7.11 Å². The Balaban J connectivity index is 2.17. The number of aromatic nitrogens is 2. The number of fused-ring (bicyclic) bond motifs is 1. The van der Waals surface area contributed by atoms with Gasteiger partial charge in [-0.3, -0.25) is 24.9 Å². The topological polar surface area (TPSA) is 174 Å². The molecule has 2 aromatic rings. The van der Waals surface area contributed by atoms with E-state index >= 15 is 0 Å². The third kappa shape index (κ3) is 3.97. The number of carboxylic acid groups (broad SMARTS) is 1. The van der Waals surface area contributed by atoms with Crippen LogP contribution < -0.4 is 26.0 Å². The standard InChI is InChI=1S/C19H14N4O7/c1-29-10-4-2-9(3-5-10)14-11(8-20)17(21-12(24)6-7-13(25)26)30-18-15(14)16(27)22-19(28)23-18/h2-7,14H,1H3,(H,21,24)(H,25,26)(H2,22,23,27,28)/b7-6+. The second kappa shape index (κ2) is 8.19. The van der Waals surface area contributed by atoms with Crippen molar-refractivity contribution >= 4 is 11.9 Å². The zero-order chi connectivity index (χ0) is 21.8. The largest absolute Gasteiger partial charge is 0.497 e. The Morgan fingerprint density at radius 1 is 1.23 bits per heavy atom. The lowest BCUT2D eigenvalue weighted by Crippen LogP contribution is -2.36. The number of H-pyrrole nitrogens is 2. The Bertz CT molecular complexity index is 1230. The van der Waals surface area contributed by atoms with E-state index in [1.165, 1.54) is 7.11 Å². The van der Waals surface area contributed by atoms with E-state index in [2.05, 4.69) is 15.3 Å². The van der Waals surface area contributed by atoms with Gasteiger partial charge in [0, 0.05) is 12.2 Å². The van der Waals surface area contributed by atoms with E-state index in [9.17, 15) is 24.4 Å². The summed E-state index contributed by atoms with van der Waals surface area (Å²) in [5.41, 5.74) is -1.28. The lowest BCUT2D eigenvalue weighted by Gasteiger charge is -2.26. The summed E-state index contributed by atoms with van der Waals surface area (Å²) in [6.45, 7) is 0. The van der Waals surface area contributed by atoms with Crippen LogP contribution in [0, 0.1) is 11.3 Å². The normalized spacial score (nSPS) is 15.1. The number of aliphatic carboxylic acids is 1. The van der Waals surface area contributed by atoms with Gasteiger partial charge < -0.3 is 14.6 Å². The molecule has 1 atom stereocenters. The van der Waals surface area contributed by atoms with Gasteiger partial charge in [0.2, 0.25) is 11.8 Å². The lowest BCUT2D eigenvalue weighted by atomic mass is 9.85. The fourth-order valence-corrected chi connectivity index (χ4v) is 2.89. The zero-order valence-electron chi connectivity index (χ0n) is 15.4. The van der Waals surface area contributed by atoms with E-state index in [1.54, 1.807) is 24.3 Å². The molecule has 1 aromatic heterocycles. The van der Waals surface area contributed by atoms with Gasteiger partial charge >= 0.3 is 11.7 Å². The number of carbonyl (C=O) groups excluding carboxylic acids is 1. The summed E-state index contributed by atoms with van der Waals surface area (Å²) in [4.78, 5) is 51.2. The van der Waals surface area contributed by atoms with Gasteiger partial charge in [-0.25, -0.2) is 9.59 Å². The maximum absolute atomic E-state index is 12.5. The Morgan fingerprint density at radius 2 is 1.93 bits per heavy atom. The molecule has 1 aromatic carbocycles. The van der Waals surface area contributed by atoms with E-state index in [0.29, 0.717) is 17.4 Å². The van der Waals surface area contributed by atoms with Crippen LogP contribution in [0.2, 0.25) is 0 Å². The van der Waals surface area contributed by atoms with Crippen LogP contribution in [0.1, 0.15) is 17.0 Å². The molecule has 2 heterocycles. The number of rotatable bonds is 5. The highest BCUT2D eigenvalue weighted by atomic mass is 16.5. The minimum absolute atomic E-state index is 0.0320. The first-order chi connectivity index (χ1) is 14.3. The molecule has 3 rings (SSSR count). The predicted molar refractivity (Wildman–Crippen MR) is 101 cm³/mol. The second-order valence-electron chi connectivity index (χ2n) is 5.97. The third-order valence-electron chi connectivity index (χ3n) is 4.15. The molecule has 1 unspecified atom stereocenters. The van der Waals surface area contributed by atoms with E-state index in [1.807, 2.05) is 6.07 Å². The van der Waals surface area contributed by atoms with Crippen molar-refractivity contribution in [3.05, 3.63) is 79.8 Å². The third-order valence-corrected chi connectivity index (χ3v) is 4.15. The Labute approximate surface area is 167 Å². The number of carbonyl (C=O) groups is 2. The quantitative estimate of drug-likeness (QED) is 0.502. The minimum atomic E-state index is -1.35. The predicted octanol–water partition coefficient (Wildman–Crippen LogP) is 0.0883. The summed E-state index contributed by atoms with van der Waals surface area (Å²) in [6, 6.07) is 8.37. The van der Waals surface area contributed by atoms with Gasteiger partial charge in [-0.05, 0) is 17.7 Å². The molecule has 0 aliphatic carbocycles. The molecular weight excluding hydrogens is 396 g/mol. The summed E-state index contributed by atoms with van der Waals surface area (Å²) in [6.07, 6.45) is 1.33. The molecule has 0 fully saturated rings. The first-order valence-corrected chi connectivity index (χ1v) is 8.38. The highest BCUT2D eigenvalue weighted by Crippen LogP contribution is 2.39. The number of nitrogens with zero attached hydrogens (tertiary/aromatic N) is 1. The zero-order valence-corrected chi connectivity index (χ0v) is 15.4. The number of methoxy groups -OCH3 is 1. The molecule has 0 spiro atoms. The van der Waals surface area contributed by atoms with Gasteiger partial charge in [-0.15, -0.1) is 0 Å². The van der Waals surface area contributed by atoms with E-state index in [-0.39, 0.29) is 22.9 Å². The maximum Gasteiger partial charge on any atom is 0.328 e. The van der Waals surface area contributed by atoms with Crippen LogP contribution in [-0.4, -0.2) is 34.1 Å². The summed E-state index contributed by atoms with van der Waals surface area (Å²) in [5, 5.41) is 20.6. The van der Waals surface area contributed by atoms with Crippen LogP contribution in [0.15, 0.2) is 57.5 Å². The fraction of sp³-hybridized carbons (Fsp3) is 0.105. The van der Waals surface area contributed by atoms with Crippen molar-refractivity contribution in [2.24, 2.45) is 0 Å². The lowest BCUT2D eigenvalue weighted by molar-refractivity contribution is -0.131. The van der Waals surface area contributed by atoms with Crippen LogP contribution in [0.4, 0.5) is 0 Å². The molecule has 1 amide bonds. The number of ether oxygens (including phenoxy) is 2. The van der Waals surface area contributed by atoms with Gasteiger partial charge in [-0.1, -0.05) is 12.1 Å². The molecule has 11 nitrogen and oxygen atoms in total.